The van der Waals surface area contributed by atoms with Gasteiger partial charge in [-0.2, -0.15) is 0 Å². The van der Waals surface area contributed by atoms with Crippen LogP contribution in [0.4, 0.5) is 5.13 Å². The summed E-state index contributed by atoms with van der Waals surface area (Å²) in [6.45, 7) is 0. The fourth-order valence-corrected chi connectivity index (χ4v) is 2.18. The van der Waals surface area contributed by atoms with E-state index in [9.17, 15) is 0 Å². The molecule has 1 aromatic carbocycles. The summed E-state index contributed by atoms with van der Waals surface area (Å²) in [6, 6.07) is 10.0. The van der Waals surface area contributed by atoms with Crippen LogP contribution in [0.2, 0.25) is 0 Å². The Morgan fingerprint density at radius 1 is 1.07 bits per heavy atom. The summed E-state index contributed by atoms with van der Waals surface area (Å²) < 4.78 is 0. The van der Waals surface area contributed by atoms with Crippen molar-refractivity contribution in [3.63, 3.8) is 0 Å². The van der Waals surface area contributed by atoms with Gasteiger partial charge in [-0.05, 0) is 12.1 Å². The first kappa shape index (κ1) is 7.70. The number of fused-ring (bicyclic) bond motifs is 2. The van der Waals surface area contributed by atoms with Crippen LogP contribution in [-0.2, 0) is 0 Å². The van der Waals surface area contributed by atoms with E-state index in [0.29, 0.717) is 5.13 Å². The highest BCUT2D eigenvalue weighted by Crippen LogP contribution is 2.25. The molecule has 0 radical (unpaired) electrons. The predicted molar refractivity (Wildman–Crippen MR) is 59.3 cm³/mol. The zero-order valence-electron chi connectivity index (χ0n) is 7.27. The molecule has 14 heavy (non-hydrogen) atoms. The van der Waals surface area contributed by atoms with Gasteiger partial charge in [0.15, 0.2) is 5.13 Å². The van der Waals surface area contributed by atoms with Crippen LogP contribution in [0.15, 0.2) is 30.3 Å². The normalized spacial score (nSPS) is 11.1. The van der Waals surface area contributed by atoms with E-state index in [1.807, 2.05) is 30.3 Å². The van der Waals surface area contributed by atoms with Crippen molar-refractivity contribution in [2.24, 2.45) is 0 Å². The Morgan fingerprint density at radius 2 is 1.93 bits per heavy atom. The minimum atomic E-state index is 0.572. The van der Waals surface area contributed by atoms with E-state index in [4.69, 9.17) is 5.73 Å². The molecule has 0 spiro atoms. The molecular formula is C10H7N3S. The largest absolute Gasteiger partial charge is 0.375 e. The molecule has 3 aromatic rings. The van der Waals surface area contributed by atoms with Crippen LogP contribution in [-0.4, -0.2) is 9.97 Å². The maximum Gasteiger partial charge on any atom is 0.182 e. The van der Waals surface area contributed by atoms with E-state index in [0.717, 1.165) is 21.3 Å². The first-order valence-corrected chi connectivity index (χ1v) is 5.06. The molecule has 0 aliphatic carbocycles. The molecule has 2 heterocycles. The fraction of sp³-hybridized carbons (Fsp3) is 0. The van der Waals surface area contributed by atoms with E-state index in [1.165, 1.54) is 11.3 Å². The topological polar surface area (TPSA) is 51.8 Å². The number of nitrogen functional groups attached to an aromatic ring is 1. The monoisotopic (exact) mass is 201 g/mol. The molecule has 0 atom stereocenters. The third-order valence-corrected chi connectivity index (χ3v) is 2.90. The molecule has 2 N–H and O–H groups in total. The van der Waals surface area contributed by atoms with Gasteiger partial charge in [0.25, 0.3) is 0 Å². The first-order chi connectivity index (χ1) is 6.83. The lowest BCUT2D eigenvalue weighted by molar-refractivity contribution is 1.46. The summed E-state index contributed by atoms with van der Waals surface area (Å²) in [6.07, 6.45) is 0. The standard InChI is InChI=1S/C10H7N3S/c11-10-13-8-5-6-3-1-2-4-7(6)12-9(8)14-10/h1-5H,(H2,11,13). The highest BCUT2D eigenvalue weighted by atomic mass is 32.1. The van der Waals surface area contributed by atoms with Crippen LogP contribution in [0.5, 0.6) is 0 Å². The summed E-state index contributed by atoms with van der Waals surface area (Å²) in [7, 11) is 0. The average molecular weight is 201 g/mol. The van der Waals surface area contributed by atoms with Gasteiger partial charge in [0.1, 0.15) is 10.3 Å². The van der Waals surface area contributed by atoms with Crippen molar-refractivity contribution in [3.8, 4) is 0 Å². The minimum Gasteiger partial charge on any atom is -0.375 e. The predicted octanol–water partition coefficient (Wildman–Crippen LogP) is 2.43. The van der Waals surface area contributed by atoms with Crippen LogP contribution in [0.1, 0.15) is 0 Å². The van der Waals surface area contributed by atoms with Crippen molar-refractivity contribution in [1.82, 2.24) is 9.97 Å². The fourth-order valence-electron chi connectivity index (χ4n) is 1.48. The molecule has 4 heteroatoms. The molecular weight excluding hydrogens is 194 g/mol. The van der Waals surface area contributed by atoms with Gasteiger partial charge < -0.3 is 5.73 Å². The van der Waals surface area contributed by atoms with Crippen LogP contribution in [0, 0.1) is 0 Å². The van der Waals surface area contributed by atoms with E-state index in [-0.39, 0.29) is 0 Å². The maximum absolute atomic E-state index is 5.62. The number of para-hydroxylation sites is 1. The highest BCUT2D eigenvalue weighted by molar-refractivity contribution is 7.21. The average Bonchev–Trinajstić information content (AvgIpc) is 2.53. The van der Waals surface area contributed by atoms with Gasteiger partial charge in [0, 0.05) is 5.39 Å². The van der Waals surface area contributed by atoms with E-state index >= 15 is 0 Å². The second-order valence-electron chi connectivity index (χ2n) is 3.06. The molecule has 0 unspecified atom stereocenters. The molecule has 0 amide bonds. The molecule has 0 saturated heterocycles. The van der Waals surface area contributed by atoms with Gasteiger partial charge >= 0.3 is 0 Å². The number of thiazole rings is 1. The first-order valence-electron chi connectivity index (χ1n) is 4.25. The lowest BCUT2D eigenvalue weighted by Gasteiger charge is -1.94. The van der Waals surface area contributed by atoms with Crippen LogP contribution < -0.4 is 5.73 Å². The summed E-state index contributed by atoms with van der Waals surface area (Å²) in [4.78, 5) is 9.58. The number of pyridine rings is 1. The molecule has 0 fully saturated rings. The number of rotatable bonds is 0. The Balaban J connectivity index is 2.51. The Hall–Kier alpha value is -1.68. The summed E-state index contributed by atoms with van der Waals surface area (Å²) in [5, 5.41) is 1.67. The zero-order valence-corrected chi connectivity index (χ0v) is 8.08. The van der Waals surface area contributed by atoms with Crippen molar-refractivity contribution in [3.05, 3.63) is 30.3 Å². The van der Waals surface area contributed by atoms with Gasteiger partial charge in [-0.3, -0.25) is 0 Å². The van der Waals surface area contributed by atoms with E-state index in [2.05, 4.69) is 9.97 Å². The number of aromatic nitrogens is 2. The second kappa shape index (κ2) is 2.65. The molecule has 3 rings (SSSR count). The van der Waals surface area contributed by atoms with E-state index < -0.39 is 0 Å². The van der Waals surface area contributed by atoms with Crippen LogP contribution in [0.3, 0.4) is 0 Å². The van der Waals surface area contributed by atoms with Gasteiger partial charge in [-0.15, -0.1) is 0 Å². The zero-order chi connectivity index (χ0) is 9.54. The quantitative estimate of drug-likeness (QED) is 0.607. The number of hydrogen-bond acceptors (Lipinski definition) is 4. The summed E-state index contributed by atoms with van der Waals surface area (Å²) in [5.74, 6) is 0. The second-order valence-corrected chi connectivity index (χ2v) is 4.07. The smallest absolute Gasteiger partial charge is 0.182 e. The lowest BCUT2D eigenvalue weighted by atomic mass is 10.2. The molecule has 0 saturated carbocycles. The number of hydrogen-bond donors (Lipinski definition) is 1. The Labute approximate surface area is 84.2 Å². The molecule has 0 bridgehead atoms. The van der Waals surface area contributed by atoms with Gasteiger partial charge in [-0.25, -0.2) is 9.97 Å². The van der Waals surface area contributed by atoms with Crippen molar-refractivity contribution in [1.29, 1.82) is 0 Å². The lowest BCUT2D eigenvalue weighted by Crippen LogP contribution is -1.80. The summed E-state index contributed by atoms with van der Waals surface area (Å²) in [5.41, 5.74) is 7.49. The molecule has 0 aliphatic rings. The van der Waals surface area contributed by atoms with Crippen LogP contribution in [0.25, 0.3) is 21.3 Å². The van der Waals surface area contributed by atoms with Crippen molar-refractivity contribution in [2.75, 3.05) is 5.73 Å². The highest BCUT2D eigenvalue weighted by Gasteiger charge is 2.03. The van der Waals surface area contributed by atoms with Gasteiger partial charge in [-0.1, -0.05) is 29.5 Å². The Bertz CT molecular complexity index is 562. The number of nitrogens with zero attached hydrogens (tertiary/aromatic N) is 2. The third kappa shape index (κ3) is 1.04. The van der Waals surface area contributed by atoms with Gasteiger partial charge in [0.2, 0.25) is 0 Å². The maximum atomic E-state index is 5.62. The van der Waals surface area contributed by atoms with E-state index in [1.54, 1.807) is 0 Å². The molecule has 68 valence electrons. The molecule has 0 aliphatic heterocycles. The summed E-state index contributed by atoms with van der Waals surface area (Å²) >= 11 is 1.42. The van der Waals surface area contributed by atoms with Crippen molar-refractivity contribution < 1.29 is 0 Å². The van der Waals surface area contributed by atoms with Crippen molar-refractivity contribution in [2.45, 2.75) is 0 Å². The molecule has 2 aromatic heterocycles. The van der Waals surface area contributed by atoms with Gasteiger partial charge in [0.05, 0.1) is 5.52 Å². The minimum absolute atomic E-state index is 0.572. The number of benzene rings is 1. The number of anilines is 1. The Morgan fingerprint density at radius 3 is 2.86 bits per heavy atom. The Kier molecular flexibility index (Phi) is 1.46. The molecule has 3 nitrogen and oxygen atoms in total. The number of nitrogens with two attached hydrogens (primary N) is 1. The van der Waals surface area contributed by atoms with Crippen molar-refractivity contribution >= 4 is 37.7 Å². The van der Waals surface area contributed by atoms with Crippen LogP contribution >= 0.6 is 11.3 Å². The SMILES string of the molecule is Nc1nc2cc3ccccc3nc2s1. The third-order valence-electron chi connectivity index (χ3n) is 2.10.